The first-order valence-corrected chi connectivity index (χ1v) is 14.1. The first-order valence-electron chi connectivity index (χ1n) is 14.1. The summed E-state index contributed by atoms with van der Waals surface area (Å²) in [6.45, 7) is 14.5. The molecule has 1 heterocycles. The Balaban J connectivity index is 1.92. The number of carbonyl (C=O) groups excluding carboxylic acids is 2. The number of methoxy groups -OCH3 is 1. The van der Waals surface area contributed by atoms with Gasteiger partial charge in [0.1, 0.15) is 17.3 Å². The fraction of sp³-hybridized carbons (Fsp3) is 0.353. The van der Waals surface area contributed by atoms with E-state index >= 15 is 0 Å². The highest BCUT2D eigenvalue weighted by Gasteiger charge is 2.47. The number of aliphatic hydroxyl groups is 1. The summed E-state index contributed by atoms with van der Waals surface area (Å²) in [4.78, 5) is 31.0. The summed E-state index contributed by atoms with van der Waals surface area (Å²) < 4.78 is 11.3. The number of nitrogens with zero attached hydrogens (tertiary/aromatic N) is 2. The van der Waals surface area contributed by atoms with Crippen LogP contribution in [0.15, 0.2) is 72.3 Å². The molecule has 7 nitrogen and oxygen atoms in total. The fourth-order valence-electron chi connectivity index (χ4n) is 5.34. The summed E-state index contributed by atoms with van der Waals surface area (Å²) in [5.74, 6) is -0.367. The van der Waals surface area contributed by atoms with Gasteiger partial charge in [0.05, 0.1) is 25.3 Å². The number of rotatable bonds is 9. The Bertz CT molecular complexity index is 1450. The van der Waals surface area contributed by atoms with Crippen LogP contribution in [0.25, 0.3) is 5.76 Å². The van der Waals surface area contributed by atoms with Crippen LogP contribution in [-0.4, -0.2) is 43.6 Å². The molecule has 41 heavy (non-hydrogen) atoms. The van der Waals surface area contributed by atoms with E-state index in [1.807, 2.05) is 55.5 Å². The van der Waals surface area contributed by atoms with Crippen LogP contribution >= 0.6 is 0 Å². The first kappa shape index (κ1) is 29.7. The molecule has 1 unspecified atom stereocenters. The minimum Gasteiger partial charge on any atom is -0.507 e. The SMILES string of the molecule is CCOc1ccc(/C(O)=C2/C(=O)C(=O)N(c3ccc(N(CC)CC)cc3)C2c2cccc(OC)c2)cc1C(C)(C)C. The topological polar surface area (TPSA) is 79.3 Å². The molecule has 1 saturated heterocycles. The number of aliphatic hydroxyl groups excluding tert-OH is 1. The van der Waals surface area contributed by atoms with Crippen molar-refractivity contribution in [1.82, 2.24) is 0 Å². The van der Waals surface area contributed by atoms with E-state index in [4.69, 9.17) is 9.47 Å². The van der Waals surface area contributed by atoms with Gasteiger partial charge in [-0.15, -0.1) is 0 Å². The van der Waals surface area contributed by atoms with Crippen molar-refractivity contribution in [2.45, 2.75) is 53.0 Å². The van der Waals surface area contributed by atoms with Gasteiger partial charge in [-0.25, -0.2) is 0 Å². The van der Waals surface area contributed by atoms with Crippen LogP contribution in [0.3, 0.4) is 0 Å². The van der Waals surface area contributed by atoms with Crippen molar-refractivity contribution in [1.29, 1.82) is 0 Å². The summed E-state index contributed by atoms with van der Waals surface area (Å²) in [5, 5.41) is 11.7. The Kier molecular flexibility index (Phi) is 8.76. The summed E-state index contributed by atoms with van der Waals surface area (Å²) >= 11 is 0. The van der Waals surface area contributed by atoms with Crippen LogP contribution in [0.4, 0.5) is 11.4 Å². The zero-order chi connectivity index (χ0) is 29.9. The molecule has 0 aliphatic carbocycles. The lowest BCUT2D eigenvalue weighted by molar-refractivity contribution is -0.132. The lowest BCUT2D eigenvalue weighted by Gasteiger charge is -2.27. The predicted molar refractivity (Wildman–Crippen MR) is 164 cm³/mol. The molecule has 3 aromatic carbocycles. The molecule has 0 bridgehead atoms. The number of Topliss-reactive ketones (excluding diaryl/α,β-unsaturated/α-hetero) is 1. The highest BCUT2D eigenvalue weighted by atomic mass is 16.5. The van der Waals surface area contributed by atoms with Gasteiger partial charge in [-0.2, -0.15) is 0 Å². The number of ketones is 1. The van der Waals surface area contributed by atoms with Crippen molar-refractivity contribution in [2.75, 3.05) is 36.6 Å². The number of hydrogen-bond acceptors (Lipinski definition) is 6. The summed E-state index contributed by atoms with van der Waals surface area (Å²) in [7, 11) is 1.57. The van der Waals surface area contributed by atoms with Gasteiger partial charge >= 0.3 is 0 Å². The van der Waals surface area contributed by atoms with Crippen LogP contribution < -0.4 is 19.3 Å². The summed E-state index contributed by atoms with van der Waals surface area (Å²) in [6, 6.07) is 19.4. The van der Waals surface area contributed by atoms with Gasteiger partial charge in [-0.1, -0.05) is 32.9 Å². The molecule has 3 aromatic rings. The minimum absolute atomic E-state index is 0.0279. The molecule has 1 atom stereocenters. The van der Waals surface area contributed by atoms with Gasteiger partial charge < -0.3 is 19.5 Å². The molecule has 0 radical (unpaired) electrons. The second kappa shape index (κ2) is 12.1. The van der Waals surface area contributed by atoms with E-state index in [1.165, 1.54) is 4.90 Å². The van der Waals surface area contributed by atoms with E-state index in [9.17, 15) is 14.7 Å². The Labute approximate surface area is 243 Å². The summed E-state index contributed by atoms with van der Waals surface area (Å²) in [5.41, 5.74) is 3.32. The van der Waals surface area contributed by atoms with Crippen LogP contribution in [0.2, 0.25) is 0 Å². The Morgan fingerprint density at radius 2 is 1.63 bits per heavy atom. The highest BCUT2D eigenvalue weighted by Crippen LogP contribution is 2.44. The quantitative estimate of drug-likeness (QED) is 0.176. The van der Waals surface area contributed by atoms with Crippen molar-refractivity contribution in [3.8, 4) is 11.5 Å². The Hall–Kier alpha value is -4.26. The number of benzene rings is 3. The van der Waals surface area contributed by atoms with Gasteiger partial charge in [0.15, 0.2) is 0 Å². The standard InChI is InChI=1S/C34H40N2O5/c1-8-35(9-2)24-15-17-25(18-16-24)36-30(22-12-11-13-26(20-22)40-7)29(32(38)33(36)39)31(37)23-14-19-28(41-10-3)27(21-23)34(4,5)6/h11-21,30,37H,8-10H2,1-7H3/b31-29-. The third-order valence-corrected chi connectivity index (χ3v) is 7.47. The molecular formula is C34H40N2O5. The maximum atomic E-state index is 13.7. The van der Waals surface area contributed by atoms with Gasteiger partial charge in [-0.3, -0.25) is 14.5 Å². The molecule has 1 aliphatic rings. The van der Waals surface area contributed by atoms with Gasteiger partial charge in [0.2, 0.25) is 0 Å². The maximum absolute atomic E-state index is 13.7. The molecule has 1 amide bonds. The normalized spacial score (nSPS) is 16.7. The van der Waals surface area contributed by atoms with Gasteiger partial charge in [0, 0.05) is 35.6 Å². The van der Waals surface area contributed by atoms with E-state index < -0.39 is 17.7 Å². The van der Waals surface area contributed by atoms with Crippen LogP contribution in [0.1, 0.15) is 64.3 Å². The fourth-order valence-corrected chi connectivity index (χ4v) is 5.34. The van der Waals surface area contributed by atoms with Crippen molar-refractivity contribution < 1.29 is 24.2 Å². The third kappa shape index (κ3) is 5.80. The van der Waals surface area contributed by atoms with Crippen LogP contribution in [0.5, 0.6) is 11.5 Å². The zero-order valence-electron chi connectivity index (χ0n) is 25.0. The molecular weight excluding hydrogens is 516 g/mol. The van der Waals surface area contributed by atoms with Gasteiger partial charge in [0.25, 0.3) is 11.7 Å². The van der Waals surface area contributed by atoms with Crippen molar-refractivity contribution in [3.63, 3.8) is 0 Å². The first-order chi connectivity index (χ1) is 19.5. The predicted octanol–water partition coefficient (Wildman–Crippen LogP) is 6.86. The molecule has 216 valence electrons. The smallest absolute Gasteiger partial charge is 0.300 e. The lowest BCUT2D eigenvalue weighted by atomic mass is 9.84. The second-order valence-corrected chi connectivity index (χ2v) is 11.0. The Morgan fingerprint density at radius 3 is 2.22 bits per heavy atom. The zero-order valence-corrected chi connectivity index (χ0v) is 25.0. The van der Waals surface area contributed by atoms with E-state index in [0.717, 1.165) is 30.1 Å². The molecule has 4 rings (SSSR count). The van der Waals surface area contributed by atoms with Crippen molar-refractivity contribution in [2.24, 2.45) is 0 Å². The van der Waals surface area contributed by atoms with E-state index in [1.54, 1.807) is 25.3 Å². The van der Waals surface area contributed by atoms with Crippen LogP contribution in [-0.2, 0) is 15.0 Å². The van der Waals surface area contributed by atoms with E-state index in [0.29, 0.717) is 29.2 Å². The number of ether oxygens (including phenoxy) is 2. The Morgan fingerprint density at radius 1 is 0.951 bits per heavy atom. The van der Waals surface area contributed by atoms with Crippen molar-refractivity contribution in [3.05, 3.63) is 89.0 Å². The number of amides is 1. The molecule has 1 fully saturated rings. The number of hydrogen-bond donors (Lipinski definition) is 1. The maximum Gasteiger partial charge on any atom is 0.300 e. The molecule has 1 N–H and O–H groups in total. The van der Waals surface area contributed by atoms with E-state index in [2.05, 4.69) is 39.5 Å². The van der Waals surface area contributed by atoms with Crippen molar-refractivity contribution >= 4 is 28.8 Å². The highest BCUT2D eigenvalue weighted by molar-refractivity contribution is 6.51. The molecule has 7 heteroatoms. The van der Waals surface area contributed by atoms with Gasteiger partial charge in [-0.05, 0) is 86.3 Å². The van der Waals surface area contributed by atoms with Crippen LogP contribution in [0, 0.1) is 0 Å². The number of carbonyl (C=O) groups is 2. The summed E-state index contributed by atoms with van der Waals surface area (Å²) in [6.07, 6.45) is 0. The second-order valence-electron chi connectivity index (χ2n) is 11.0. The molecule has 0 spiro atoms. The molecule has 0 saturated carbocycles. The minimum atomic E-state index is -0.853. The monoisotopic (exact) mass is 556 g/mol. The van der Waals surface area contributed by atoms with E-state index in [-0.39, 0.29) is 16.7 Å². The number of anilines is 2. The molecule has 1 aliphatic heterocycles. The largest absolute Gasteiger partial charge is 0.507 e. The average molecular weight is 557 g/mol. The molecule has 0 aromatic heterocycles. The third-order valence-electron chi connectivity index (χ3n) is 7.47. The lowest BCUT2D eigenvalue weighted by Crippen LogP contribution is -2.29. The average Bonchev–Trinajstić information content (AvgIpc) is 3.23.